The number of rotatable bonds is 4. The van der Waals surface area contributed by atoms with Crippen molar-refractivity contribution in [2.45, 2.75) is 12.5 Å². The number of halogens is 2. The molecule has 0 amide bonds. The van der Waals surface area contributed by atoms with E-state index in [0.29, 0.717) is 15.6 Å². The molecule has 2 N–H and O–H groups in total. The molecule has 1 atom stereocenters. The molecule has 0 saturated heterocycles. The third kappa shape index (κ3) is 3.05. The Kier molecular flexibility index (Phi) is 4.51. The molecule has 2 aromatic rings. The number of nitrogens with one attached hydrogen (secondary N) is 1. The standard InChI is InChI=1S/C13H11Cl2N3OS/c1-13(19,9-4-2-3-5-10(9)14)7-17-12-8(6-16)11(15)18-20-12/h2-5,17,19H,7H2,1H3. The fourth-order valence-electron chi connectivity index (χ4n) is 1.73. The lowest BCUT2D eigenvalue weighted by atomic mass is 9.96. The van der Waals surface area contributed by atoms with Crippen molar-refractivity contribution in [2.75, 3.05) is 11.9 Å². The van der Waals surface area contributed by atoms with Crippen molar-refractivity contribution in [3.05, 3.63) is 45.6 Å². The first-order valence-corrected chi connectivity index (χ1v) is 7.25. The number of aromatic nitrogens is 1. The number of hydrogen-bond acceptors (Lipinski definition) is 5. The van der Waals surface area contributed by atoms with Crippen LogP contribution in [0, 0.1) is 11.3 Å². The first-order chi connectivity index (χ1) is 9.45. The highest BCUT2D eigenvalue weighted by Crippen LogP contribution is 2.31. The van der Waals surface area contributed by atoms with Gasteiger partial charge in [-0.1, -0.05) is 41.4 Å². The van der Waals surface area contributed by atoms with Gasteiger partial charge in [-0.3, -0.25) is 0 Å². The summed E-state index contributed by atoms with van der Waals surface area (Å²) in [6.45, 7) is 1.83. The maximum atomic E-state index is 10.5. The topological polar surface area (TPSA) is 68.9 Å². The summed E-state index contributed by atoms with van der Waals surface area (Å²) in [4.78, 5) is 0. The summed E-state index contributed by atoms with van der Waals surface area (Å²) in [5.41, 5.74) is -0.281. The molecule has 1 aromatic carbocycles. The van der Waals surface area contributed by atoms with Crippen molar-refractivity contribution in [1.82, 2.24) is 4.37 Å². The number of benzene rings is 1. The summed E-state index contributed by atoms with van der Waals surface area (Å²) >= 11 is 13.0. The molecule has 4 nitrogen and oxygen atoms in total. The third-order valence-electron chi connectivity index (χ3n) is 2.81. The number of anilines is 1. The second kappa shape index (κ2) is 5.98. The van der Waals surface area contributed by atoms with E-state index in [9.17, 15) is 5.11 Å². The Morgan fingerprint density at radius 3 is 2.80 bits per heavy atom. The average Bonchev–Trinajstić information content (AvgIpc) is 2.77. The van der Waals surface area contributed by atoms with Gasteiger partial charge < -0.3 is 10.4 Å². The molecular weight excluding hydrogens is 317 g/mol. The molecule has 0 aliphatic heterocycles. The molecule has 0 radical (unpaired) electrons. The highest BCUT2D eigenvalue weighted by Gasteiger charge is 2.26. The zero-order chi connectivity index (χ0) is 14.8. The molecule has 0 aliphatic rings. The van der Waals surface area contributed by atoms with E-state index in [-0.39, 0.29) is 17.3 Å². The monoisotopic (exact) mass is 327 g/mol. The van der Waals surface area contributed by atoms with Gasteiger partial charge >= 0.3 is 0 Å². The summed E-state index contributed by atoms with van der Waals surface area (Å²) < 4.78 is 3.89. The Hall–Kier alpha value is -1.32. The highest BCUT2D eigenvalue weighted by molar-refractivity contribution is 7.10. The van der Waals surface area contributed by atoms with Gasteiger partial charge in [0.05, 0.1) is 0 Å². The van der Waals surface area contributed by atoms with Crippen LogP contribution in [0.25, 0.3) is 0 Å². The maximum absolute atomic E-state index is 10.5. The Morgan fingerprint density at radius 2 is 2.15 bits per heavy atom. The lowest BCUT2D eigenvalue weighted by molar-refractivity contribution is 0.0717. The van der Waals surface area contributed by atoms with Gasteiger partial charge in [0, 0.05) is 17.1 Å². The normalized spacial score (nSPS) is 13.6. The number of aliphatic hydroxyl groups is 1. The van der Waals surface area contributed by atoms with E-state index in [1.807, 2.05) is 6.07 Å². The largest absolute Gasteiger partial charge is 0.384 e. The lowest BCUT2D eigenvalue weighted by Crippen LogP contribution is -2.31. The third-order valence-corrected chi connectivity index (χ3v) is 4.32. The van der Waals surface area contributed by atoms with Crippen LogP contribution in [0.1, 0.15) is 18.1 Å². The molecule has 104 valence electrons. The minimum absolute atomic E-state index is 0.164. The van der Waals surface area contributed by atoms with Crippen LogP contribution in [0.3, 0.4) is 0 Å². The van der Waals surface area contributed by atoms with E-state index in [2.05, 4.69) is 9.69 Å². The van der Waals surface area contributed by atoms with Crippen LogP contribution in [0.15, 0.2) is 24.3 Å². The Balaban J connectivity index is 2.18. The van der Waals surface area contributed by atoms with Gasteiger partial charge in [-0.05, 0) is 24.5 Å². The molecule has 0 saturated carbocycles. The summed E-state index contributed by atoms with van der Waals surface area (Å²) in [5, 5.41) is 23.7. The molecule has 0 bridgehead atoms. The van der Waals surface area contributed by atoms with Gasteiger partial charge in [0.1, 0.15) is 22.2 Å². The van der Waals surface area contributed by atoms with Crippen molar-refractivity contribution in [1.29, 1.82) is 5.26 Å². The van der Waals surface area contributed by atoms with Crippen molar-refractivity contribution >= 4 is 39.7 Å². The van der Waals surface area contributed by atoms with E-state index < -0.39 is 5.60 Å². The predicted molar refractivity (Wildman–Crippen MR) is 81.4 cm³/mol. The van der Waals surface area contributed by atoms with Gasteiger partial charge in [0.2, 0.25) is 0 Å². The van der Waals surface area contributed by atoms with Crippen LogP contribution in [0.5, 0.6) is 0 Å². The lowest BCUT2D eigenvalue weighted by Gasteiger charge is -2.25. The molecular formula is C13H11Cl2N3OS. The molecule has 2 rings (SSSR count). The summed E-state index contributed by atoms with van der Waals surface area (Å²) in [5.74, 6) is 0. The van der Waals surface area contributed by atoms with Crippen molar-refractivity contribution in [3.8, 4) is 6.07 Å². The Labute approximate surface area is 130 Å². The van der Waals surface area contributed by atoms with E-state index in [4.69, 9.17) is 28.5 Å². The second-order valence-corrected chi connectivity index (χ2v) is 5.94. The van der Waals surface area contributed by atoms with Crippen molar-refractivity contribution in [3.63, 3.8) is 0 Å². The maximum Gasteiger partial charge on any atom is 0.162 e. The Bertz CT molecular complexity index is 664. The predicted octanol–water partition coefficient (Wildman–Crippen LogP) is 3.64. The van der Waals surface area contributed by atoms with Crippen molar-refractivity contribution in [2.24, 2.45) is 0 Å². The SMILES string of the molecule is CC(O)(CNc1snc(Cl)c1C#N)c1ccccc1Cl. The number of hydrogen-bond donors (Lipinski definition) is 2. The Morgan fingerprint density at radius 1 is 1.45 bits per heavy atom. The minimum Gasteiger partial charge on any atom is -0.384 e. The van der Waals surface area contributed by atoms with Crippen LogP contribution >= 0.6 is 34.7 Å². The molecule has 0 spiro atoms. The summed E-state index contributed by atoms with van der Waals surface area (Å²) in [6, 6.07) is 9.06. The van der Waals surface area contributed by atoms with E-state index in [1.165, 1.54) is 0 Å². The fraction of sp³-hybridized carbons (Fsp3) is 0.231. The average molecular weight is 328 g/mol. The van der Waals surface area contributed by atoms with Gasteiger partial charge in [0.15, 0.2) is 5.15 Å². The molecule has 0 fully saturated rings. The first-order valence-electron chi connectivity index (χ1n) is 5.72. The highest BCUT2D eigenvalue weighted by atomic mass is 35.5. The number of nitriles is 1. The zero-order valence-corrected chi connectivity index (χ0v) is 12.9. The molecule has 1 heterocycles. The minimum atomic E-state index is -1.18. The van der Waals surface area contributed by atoms with Crippen LogP contribution in [0.2, 0.25) is 10.2 Å². The van der Waals surface area contributed by atoms with Gasteiger partial charge in [-0.2, -0.15) is 9.64 Å². The van der Waals surface area contributed by atoms with Crippen LogP contribution in [-0.4, -0.2) is 16.0 Å². The van der Waals surface area contributed by atoms with Crippen LogP contribution in [-0.2, 0) is 5.60 Å². The van der Waals surface area contributed by atoms with Gasteiger partial charge in [0.25, 0.3) is 0 Å². The molecule has 20 heavy (non-hydrogen) atoms. The summed E-state index contributed by atoms with van der Waals surface area (Å²) in [6.07, 6.45) is 0. The van der Waals surface area contributed by atoms with E-state index >= 15 is 0 Å². The smallest absolute Gasteiger partial charge is 0.162 e. The molecule has 0 aliphatic carbocycles. The van der Waals surface area contributed by atoms with E-state index in [0.717, 1.165) is 11.5 Å². The zero-order valence-electron chi connectivity index (χ0n) is 10.5. The quantitative estimate of drug-likeness (QED) is 0.899. The summed E-state index contributed by atoms with van der Waals surface area (Å²) in [7, 11) is 0. The van der Waals surface area contributed by atoms with Crippen LogP contribution < -0.4 is 5.32 Å². The fourth-order valence-corrected chi connectivity index (χ4v) is 3.00. The molecule has 1 unspecified atom stereocenters. The molecule has 7 heteroatoms. The number of nitrogens with zero attached hydrogens (tertiary/aromatic N) is 2. The van der Waals surface area contributed by atoms with Gasteiger partial charge in [-0.25, -0.2) is 0 Å². The van der Waals surface area contributed by atoms with E-state index in [1.54, 1.807) is 31.2 Å². The first kappa shape index (κ1) is 15.1. The molecule has 1 aromatic heterocycles. The second-order valence-electron chi connectivity index (χ2n) is 4.40. The van der Waals surface area contributed by atoms with Crippen LogP contribution in [0.4, 0.5) is 5.00 Å². The van der Waals surface area contributed by atoms with Gasteiger partial charge in [-0.15, -0.1) is 0 Å². The van der Waals surface area contributed by atoms with Crippen molar-refractivity contribution < 1.29 is 5.11 Å².